The normalized spacial score (nSPS) is 20.5. The molecule has 2 atom stereocenters. The predicted octanol–water partition coefficient (Wildman–Crippen LogP) is 0.373. The summed E-state index contributed by atoms with van der Waals surface area (Å²) >= 11 is 0. The molecule has 0 radical (unpaired) electrons. The summed E-state index contributed by atoms with van der Waals surface area (Å²) in [4.78, 5) is 26.0. The van der Waals surface area contributed by atoms with Crippen LogP contribution in [0.3, 0.4) is 0 Å². The van der Waals surface area contributed by atoms with Gasteiger partial charge >= 0.3 is 12.0 Å². The van der Waals surface area contributed by atoms with Crippen molar-refractivity contribution < 1.29 is 19.4 Å². The number of morpholine rings is 1. The van der Waals surface area contributed by atoms with E-state index in [0.29, 0.717) is 19.7 Å². The minimum absolute atomic E-state index is 0.132. The fourth-order valence-electron chi connectivity index (χ4n) is 2.03. The molecule has 19 heavy (non-hydrogen) atoms. The van der Waals surface area contributed by atoms with Crippen LogP contribution in [-0.2, 0) is 9.53 Å². The highest BCUT2D eigenvalue weighted by Gasteiger charge is 2.31. The van der Waals surface area contributed by atoms with Crippen molar-refractivity contribution in [2.24, 2.45) is 5.92 Å². The highest BCUT2D eigenvalue weighted by atomic mass is 16.5. The quantitative estimate of drug-likeness (QED) is 0.796. The molecule has 1 N–H and O–H groups in total. The fraction of sp³-hybridized carbons (Fsp3) is 0.750. The van der Waals surface area contributed by atoms with Crippen LogP contribution in [0, 0.1) is 17.2 Å². The summed E-state index contributed by atoms with van der Waals surface area (Å²) in [5, 5.41) is 17.6. The van der Waals surface area contributed by atoms with Gasteiger partial charge in [0.2, 0.25) is 0 Å². The van der Waals surface area contributed by atoms with Crippen molar-refractivity contribution in [1.82, 2.24) is 9.80 Å². The number of hydrogen-bond acceptors (Lipinski definition) is 4. The Hall–Kier alpha value is -1.81. The lowest BCUT2D eigenvalue weighted by Gasteiger charge is -2.37. The smallest absolute Gasteiger partial charge is 0.320 e. The Kier molecular flexibility index (Phi) is 5.57. The zero-order valence-corrected chi connectivity index (χ0v) is 11.2. The van der Waals surface area contributed by atoms with Crippen LogP contribution in [0.2, 0.25) is 0 Å². The number of nitriles is 1. The summed E-state index contributed by atoms with van der Waals surface area (Å²) in [6.45, 7) is 3.08. The van der Waals surface area contributed by atoms with Crippen molar-refractivity contribution in [2.75, 3.05) is 33.4 Å². The van der Waals surface area contributed by atoms with Gasteiger partial charge in [-0.05, 0) is 6.92 Å². The van der Waals surface area contributed by atoms with Gasteiger partial charge in [-0.3, -0.25) is 4.79 Å². The van der Waals surface area contributed by atoms with Crippen LogP contribution < -0.4 is 0 Å². The lowest BCUT2D eigenvalue weighted by molar-refractivity contribution is -0.139. The first-order valence-electron chi connectivity index (χ1n) is 6.16. The van der Waals surface area contributed by atoms with Gasteiger partial charge in [0.05, 0.1) is 37.7 Å². The molecular formula is C12H19N3O4. The van der Waals surface area contributed by atoms with Crippen molar-refractivity contribution in [3.05, 3.63) is 0 Å². The van der Waals surface area contributed by atoms with Gasteiger partial charge < -0.3 is 19.6 Å². The average molecular weight is 269 g/mol. The lowest BCUT2D eigenvalue weighted by atomic mass is 10.1. The zero-order chi connectivity index (χ0) is 14.4. The number of carboxylic acid groups (broad SMARTS) is 1. The monoisotopic (exact) mass is 269 g/mol. The van der Waals surface area contributed by atoms with Gasteiger partial charge in [-0.15, -0.1) is 0 Å². The van der Waals surface area contributed by atoms with Gasteiger partial charge in [0, 0.05) is 20.1 Å². The molecule has 0 aromatic rings. The number of carbonyl (C=O) groups is 2. The lowest BCUT2D eigenvalue weighted by Crippen LogP contribution is -2.54. The molecule has 1 aliphatic rings. The summed E-state index contributed by atoms with van der Waals surface area (Å²) in [7, 11) is 1.61. The number of urea groups is 1. The number of rotatable bonds is 4. The zero-order valence-electron chi connectivity index (χ0n) is 11.2. The molecule has 7 heteroatoms. The van der Waals surface area contributed by atoms with Crippen molar-refractivity contribution in [2.45, 2.75) is 19.4 Å². The Bertz CT molecular complexity index is 380. The molecule has 0 aromatic heterocycles. The van der Waals surface area contributed by atoms with Gasteiger partial charge in [-0.25, -0.2) is 4.79 Å². The third-order valence-electron chi connectivity index (χ3n) is 2.98. The first-order valence-corrected chi connectivity index (χ1v) is 6.16. The van der Waals surface area contributed by atoms with E-state index in [1.54, 1.807) is 14.0 Å². The summed E-state index contributed by atoms with van der Waals surface area (Å²) in [5.74, 6) is -1.21. The van der Waals surface area contributed by atoms with Crippen LogP contribution in [0.25, 0.3) is 0 Å². The standard InChI is InChI=1S/C12H19N3O4/c1-9(6-13)7-14(2)12(18)15-3-4-19-8-10(15)5-11(16)17/h9-10H,3-5,7-8H2,1-2H3,(H,16,17). The second-order valence-electron chi connectivity index (χ2n) is 4.71. The molecule has 1 fully saturated rings. The van der Waals surface area contributed by atoms with Crippen LogP contribution in [0.4, 0.5) is 4.79 Å². The number of ether oxygens (including phenoxy) is 1. The summed E-state index contributed by atoms with van der Waals surface area (Å²) in [6.07, 6.45) is -0.132. The molecule has 0 spiro atoms. The summed E-state index contributed by atoms with van der Waals surface area (Å²) in [6, 6.07) is 1.37. The maximum absolute atomic E-state index is 12.2. The van der Waals surface area contributed by atoms with Gasteiger partial charge in [0.15, 0.2) is 0 Å². The maximum atomic E-state index is 12.2. The predicted molar refractivity (Wildman–Crippen MR) is 66.4 cm³/mol. The first kappa shape index (κ1) is 15.2. The van der Waals surface area contributed by atoms with Gasteiger partial charge in [0.25, 0.3) is 0 Å². The van der Waals surface area contributed by atoms with E-state index in [-0.39, 0.29) is 25.0 Å². The molecular weight excluding hydrogens is 250 g/mol. The highest BCUT2D eigenvalue weighted by Crippen LogP contribution is 2.13. The Morgan fingerprint density at radius 2 is 2.32 bits per heavy atom. The Morgan fingerprint density at radius 3 is 2.89 bits per heavy atom. The van der Waals surface area contributed by atoms with E-state index < -0.39 is 12.0 Å². The molecule has 2 unspecified atom stereocenters. The Labute approximate surface area is 112 Å². The first-order chi connectivity index (χ1) is 8.95. The molecule has 0 saturated carbocycles. The van der Waals surface area contributed by atoms with Crippen LogP contribution in [0.15, 0.2) is 0 Å². The fourth-order valence-corrected chi connectivity index (χ4v) is 2.03. The molecule has 1 rings (SSSR count). The van der Waals surface area contributed by atoms with E-state index in [1.165, 1.54) is 9.80 Å². The van der Waals surface area contributed by atoms with E-state index in [4.69, 9.17) is 15.1 Å². The van der Waals surface area contributed by atoms with E-state index in [1.807, 2.05) is 0 Å². The van der Waals surface area contributed by atoms with Crippen LogP contribution in [-0.4, -0.2) is 66.3 Å². The van der Waals surface area contributed by atoms with Crippen molar-refractivity contribution >= 4 is 12.0 Å². The third kappa shape index (κ3) is 4.41. The SMILES string of the molecule is CC(C#N)CN(C)C(=O)N1CCOCC1CC(=O)O. The molecule has 7 nitrogen and oxygen atoms in total. The topological polar surface area (TPSA) is 93.9 Å². The van der Waals surface area contributed by atoms with E-state index in [2.05, 4.69) is 6.07 Å². The van der Waals surface area contributed by atoms with Gasteiger partial charge in [-0.1, -0.05) is 0 Å². The molecule has 2 amide bonds. The second-order valence-corrected chi connectivity index (χ2v) is 4.71. The number of amides is 2. The van der Waals surface area contributed by atoms with Gasteiger partial charge in [0.1, 0.15) is 0 Å². The molecule has 0 aliphatic carbocycles. The average Bonchev–Trinajstić information content (AvgIpc) is 2.37. The van der Waals surface area contributed by atoms with Crippen molar-refractivity contribution in [3.63, 3.8) is 0 Å². The second kappa shape index (κ2) is 6.95. The summed E-state index contributed by atoms with van der Waals surface area (Å²) in [5.41, 5.74) is 0. The minimum Gasteiger partial charge on any atom is -0.481 e. The largest absolute Gasteiger partial charge is 0.481 e. The number of carbonyl (C=O) groups excluding carboxylic acids is 1. The number of aliphatic carboxylic acids is 1. The maximum Gasteiger partial charge on any atom is 0.320 e. The molecule has 1 heterocycles. The molecule has 1 saturated heterocycles. The number of hydrogen-bond donors (Lipinski definition) is 1. The van der Waals surface area contributed by atoms with Crippen LogP contribution in [0.1, 0.15) is 13.3 Å². The minimum atomic E-state index is -0.957. The molecule has 106 valence electrons. The highest BCUT2D eigenvalue weighted by molar-refractivity contribution is 5.76. The number of nitrogens with zero attached hydrogens (tertiary/aromatic N) is 3. The Balaban J connectivity index is 2.66. The van der Waals surface area contributed by atoms with E-state index in [9.17, 15) is 9.59 Å². The van der Waals surface area contributed by atoms with Crippen molar-refractivity contribution in [1.29, 1.82) is 5.26 Å². The Morgan fingerprint density at radius 1 is 1.63 bits per heavy atom. The van der Waals surface area contributed by atoms with Crippen LogP contribution in [0.5, 0.6) is 0 Å². The molecule has 1 aliphatic heterocycles. The van der Waals surface area contributed by atoms with Crippen LogP contribution >= 0.6 is 0 Å². The third-order valence-corrected chi connectivity index (χ3v) is 2.98. The number of carboxylic acids is 1. The molecule has 0 bridgehead atoms. The summed E-state index contributed by atoms with van der Waals surface area (Å²) < 4.78 is 5.22. The van der Waals surface area contributed by atoms with Gasteiger partial charge in [-0.2, -0.15) is 5.26 Å². The van der Waals surface area contributed by atoms with E-state index in [0.717, 1.165) is 0 Å². The van der Waals surface area contributed by atoms with E-state index >= 15 is 0 Å². The molecule has 0 aromatic carbocycles. The van der Waals surface area contributed by atoms with Crippen molar-refractivity contribution in [3.8, 4) is 6.07 Å².